The van der Waals surface area contributed by atoms with Crippen LogP contribution in [0.5, 0.6) is 0 Å². The highest BCUT2D eigenvalue weighted by Gasteiger charge is 2.71. The summed E-state index contributed by atoms with van der Waals surface area (Å²) in [5.74, 6) is -0.761. The third-order valence-electron chi connectivity index (χ3n) is 8.78. The molecule has 6 heteroatoms. The zero-order chi connectivity index (χ0) is 28.8. The number of rotatable bonds is 6. The lowest BCUT2D eigenvalue weighted by molar-refractivity contribution is -0.0187. The average Bonchev–Trinajstić information content (AvgIpc) is 3.35. The van der Waals surface area contributed by atoms with E-state index in [2.05, 4.69) is 62.4 Å². The summed E-state index contributed by atoms with van der Waals surface area (Å²) in [5.41, 5.74) is 7.28. The van der Waals surface area contributed by atoms with Crippen molar-refractivity contribution in [2.24, 2.45) is 5.41 Å². The smallest absolute Gasteiger partial charge is 0.338 e. The number of carbonyl (C=O) groups is 2. The standard InChI is InChI=1S/C36H32O6/c1-22-3-7-24(8-4-22)26-11-15-28(16-12-26)34(37)41-30-20-39-33-32(30)40-21-36(33)19-31(36)42-35(38)29-17-13-27(14-18-29)25-9-5-23(2)6-10-25/h3-18,30-33H,19-21H2,1-2H3/t30-,31?,32?,33?,36?/m1/s1. The second-order valence-corrected chi connectivity index (χ2v) is 11.7. The normalized spacial score (nSPS) is 25.7. The lowest BCUT2D eigenvalue weighted by atomic mass is 9.98. The van der Waals surface area contributed by atoms with Crippen LogP contribution < -0.4 is 0 Å². The Morgan fingerprint density at radius 1 is 0.643 bits per heavy atom. The van der Waals surface area contributed by atoms with Gasteiger partial charge in [-0.3, -0.25) is 0 Å². The maximum absolute atomic E-state index is 13.0. The summed E-state index contributed by atoms with van der Waals surface area (Å²) in [7, 11) is 0. The molecule has 3 aliphatic rings. The fraction of sp³-hybridized carbons (Fsp3) is 0.278. The van der Waals surface area contributed by atoms with Gasteiger partial charge in [-0.25, -0.2) is 9.59 Å². The van der Waals surface area contributed by atoms with Crippen LogP contribution in [-0.2, 0) is 18.9 Å². The van der Waals surface area contributed by atoms with Crippen molar-refractivity contribution >= 4 is 11.9 Å². The van der Waals surface area contributed by atoms with E-state index in [4.69, 9.17) is 18.9 Å². The van der Waals surface area contributed by atoms with E-state index in [1.165, 1.54) is 11.1 Å². The highest BCUT2D eigenvalue weighted by Crippen LogP contribution is 2.59. The molecule has 6 nitrogen and oxygen atoms in total. The van der Waals surface area contributed by atoms with Crippen LogP contribution in [0.25, 0.3) is 22.3 Å². The monoisotopic (exact) mass is 560 g/mol. The number of hydrogen-bond donors (Lipinski definition) is 0. The first-order chi connectivity index (χ1) is 20.4. The van der Waals surface area contributed by atoms with E-state index >= 15 is 0 Å². The fourth-order valence-electron chi connectivity index (χ4n) is 6.09. The summed E-state index contributed by atoms with van der Waals surface area (Å²) in [6.45, 7) is 4.77. The maximum atomic E-state index is 13.0. The van der Waals surface area contributed by atoms with Crippen molar-refractivity contribution in [3.63, 3.8) is 0 Å². The van der Waals surface area contributed by atoms with Crippen LogP contribution in [0.1, 0.15) is 38.3 Å². The first-order valence-electron chi connectivity index (χ1n) is 14.4. The van der Waals surface area contributed by atoms with Crippen LogP contribution in [0.4, 0.5) is 0 Å². The molecule has 0 radical (unpaired) electrons. The second kappa shape index (κ2) is 10.5. The van der Waals surface area contributed by atoms with Gasteiger partial charge in [0.15, 0.2) is 6.10 Å². The summed E-state index contributed by atoms with van der Waals surface area (Å²) < 4.78 is 23.9. The van der Waals surface area contributed by atoms with Gasteiger partial charge >= 0.3 is 11.9 Å². The van der Waals surface area contributed by atoms with E-state index < -0.39 is 12.1 Å². The minimum atomic E-state index is -0.509. The Morgan fingerprint density at radius 2 is 1.10 bits per heavy atom. The molecule has 4 aromatic rings. The van der Waals surface area contributed by atoms with E-state index in [0.717, 1.165) is 22.3 Å². The van der Waals surface area contributed by atoms with E-state index in [1.54, 1.807) is 24.3 Å². The van der Waals surface area contributed by atoms with Gasteiger partial charge in [0.1, 0.15) is 12.2 Å². The molecule has 4 aromatic carbocycles. The first-order valence-corrected chi connectivity index (χ1v) is 14.4. The van der Waals surface area contributed by atoms with Crippen molar-refractivity contribution in [3.05, 3.63) is 119 Å². The van der Waals surface area contributed by atoms with Crippen LogP contribution in [0.15, 0.2) is 97.1 Å². The molecule has 212 valence electrons. The van der Waals surface area contributed by atoms with Crippen molar-refractivity contribution in [1.29, 1.82) is 0 Å². The van der Waals surface area contributed by atoms with E-state index in [-0.39, 0.29) is 36.3 Å². The molecule has 2 saturated heterocycles. The number of esters is 2. The lowest BCUT2D eigenvalue weighted by Crippen LogP contribution is -2.34. The van der Waals surface area contributed by atoms with Crippen molar-refractivity contribution < 1.29 is 28.5 Å². The summed E-state index contributed by atoms with van der Waals surface area (Å²) in [6.07, 6.45) is -0.785. The fourth-order valence-corrected chi connectivity index (χ4v) is 6.09. The Bertz CT molecular complexity index is 1610. The van der Waals surface area contributed by atoms with E-state index in [9.17, 15) is 9.59 Å². The van der Waals surface area contributed by atoms with Gasteiger partial charge in [-0.15, -0.1) is 0 Å². The van der Waals surface area contributed by atoms with Crippen LogP contribution in [0, 0.1) is 19.3 Å². The van der Waals surface area contributed by atoms with Crippen LogP contribution in [0.3, 0.4) is 0 Å². The van der Waals surface area contributed by atoms with Gasteiger partial charge in [0, 0.05) is 0 Å². The second-order valence-electron chi connectivity index (χ2n) is 11.7. The summed E-state index contributed by atoms with van der Waals surface area (Å²) in [6, 6.07) is 31.4. The molecule has 0 amide bonds. The van der Waals surface area contributed by atoms with Crippen LogP contribution in [-0.4, -0.2) is 49.6 Å². The minimum absolute atomic E-state index is 0.255. The number of carbonyl (C=O) groups excluding carboxylic acids is 2. The van der Waals surface area contributed by atoms with Gasteiger partial charge in [0.2, 0.25) is 0 Å². The Balaban J connectivity index is 0.947. The number of hydrogen-bond acceptors (Lipinski definition) is 6. The molecule has 2 aliphatic heterocycles. The molecule has 42 heavy (non-hydrogen) atoms. The number of ether oxygens (including phenoxy) is 4. The molecule has 0 aromatic heterocycles. The Hall–Kier alpha value is -4.26. The maximum Gasteiger partial charge on any atom is 0.338 e. The van der Waals surface area contributed by atoms with Crippen molar-refractivity contribution in [1.82, 2.24) is 0 Å². The zero-order valence-electron chi connectivity index (χ0n) is 23.6. The van der Waals surface area contributed by atoms with Crippen molar-refractivity contribution in [2.45, 2.75) is 44.7 Å². The minimum Gasteiger partial charge on any atom is -0.458 e. The Kier molecular flexibility index (Phi) is 6.68. The van der Waals surface area contributed by atoms with Gasteiger partial charge < -0.3 is 18.9 Å². The molecule has 7 rings (SSSR count). The van der Waals surface area contributed by atoms with Gasteiger partial charge in [-0.05, 0) is 66.8 Å². The zero-order valence-corrected chi connectivity index (χ0v) is 23.6. The van der Waals surface area contributed by atoms with Crippen LogP contribution >= 0.6 is 0 Å². The molecular weight excluding hydrogens is 528 g/mol. The largest absolute Gasteiger partial charge is 0.458 e. The third kappa shape index (κ3) is 4.91. The molecular formula is C36H32O6. The predicted octanol–water partition coefficient (Wildman–Crippen LogP) is 6.58. The Morgan fingerprint density at radius 3 is 1.60 bits per heavy atom. The van der Waals surface area contributed by atoms with Gasteiger partial charge in [-0.2, -0.15) is 0 Å². The van der Waals surface area contributed by atoms with Gasteiger partial charge in [0.25, 0.3) is 0 Å². The number of fused-ring (bicyclic) bond motifs is 2. The topological polar surface area (TPSA) is 71.1 Å². The summed E-state index contributed by atoms with van der Waals surface area (Å²) >= 11 is 0. The number of aryl methyl sites for hydroxylation is 2. The Labute approximate surface area is 245 Å². The molecule has 2 heterocycles. The van der Waals surface area contributed by atoms with E-state index in [1.807, 2.05) is 24.3 Å². The quantitative estimate of drug-likeness (QED) is 0.248. The number of benzene rings is 4. The van der Waals surface area contributed by atoms with Crippen molar-refractivity contribution in [2.75, 3.05) is 13.2 Å². The molecule has 5 atom stereocenters. The lowest BCUT2D eigenvalue weighted by Gasteiger charge is -2.17. The molecule has 1 saturated carbocycles. The third-order valence-corrected chi connectivity index (χ3v) is 8.78. The van der Waals surface area contributed by atoms with Crippen LogP contribution in [0.2, 0.25) is 0 Å². The van der Waals surface area contributed by atoms with Gasteiger partial charge in [-0.1, -0.05) is 83.9 Å². The molecule has 0 bridgehead atoms. The highest BCUT2D eigenvalue weighted by atomic mass is 16.6. The summed E-state index contributed by atoms with van der Waals surface area (Å²) in [4.78, 5) is 25.9. The average molecular weight is 561 g/mol. The molecule has 4 unspecified atom stereocenters. The molecule has 0 N–H and O–H groups in total. The van der Waals surface area contributed by atoms with Crippen molar-refractivity contribution in [3.8, 4) is 22.3 Å². The molecule has 1 aliphatic carbocycles. The summed E-state index contributed by atoms with van der Waals surface area (Å²) in [5, 5.41) is 0. The first kappa shape index (κ1) is 26.6. The van der Waals surface area contributed by atoms with E-state index in [0.29, 0.717) is 24.2 Å². The molecule has 1 spiro atoms. The predicted molar refractivity (Wildman–Crippen MR) is 158 cm³/mol. The molecule has 3 fully saturated rings. The highest BCUT2D eigenvalue weighted by molar-refractivity contribution is 5.91. The van der Waals surface area contributed by atoms with Gasteiger partial charge in [0.05, 0.1) is 35.9 Å². The SMILES string of the molecule is Cc1ccc(-c2ccc(C(=O)OC3CC34COC3C4OC[C@H]3OC(=O)c3ccc(-c4ccc(C)cc4)cc3)cc2)cc1.